The van der Waals surface area contributed by atoms with Gasteiger partial charge in [0.15, 0.2) is 4.67 Å². The summed E-state index contributed by atoms with van der Waals surface area (Å²) in [6.45, 7) is 2.74. The van der Waals surface area contributed by atoms with Crippen molar-refractivity contribution < 1.29 is 4.42 Å². The first-order valence-corrected chi connectivity index (χ1v) is 8.16. The second-order valence-electron chi connectivity index (χ2n) is 5.32. The maximum Gasteiger partial charge on any atom is 0.183 e. The lowest BCUT2D eigenvalue weighted by Gasteiger charge is -2.32. The molecule has 108 valence electrons. The molecule has 2 heterocycles. The molecule has 0 radical (unpaired) electrons. The Hall–Kier alpha value is 0.120. The monoisotopic (exact) mass is 393 g/mol. The van der Waals surface area contributed by atoms with Crippen molar-refractivity contribution in [2.45, 2.75) is 24.9 Å². The van der Waals surface area contributed by atoms with Gasteiger partial charge in [-0.2, -0.15) is 0 Å². The number of halogens is 2. The molecule has 2 rings (SSSR count). The molecule has 2 N–H and O–H groups in total. The highest BCUT2D eigenvalue weighted by Gasteiger charge is 2.33. The highest BCUT2D eigenvalue weighted by atomic mass is 79.9. The molecule has 0 amide bonds. The SMILES string of the molecule is CN(C)CC1CCCN1C(CN)c1cc(Br)c(Br)o1. The maximum absolute atomic E-state index is 5.99. The predicted molar refractivity (Wildman–Crippen MR) is 84.2 cm³/mol. The summed E-state index contributed by atoms with van der Waals surface area (Å²) in [6, 6.07) is 2.74. The summed E-state index contributed by atoms with van der Waals surface area (Å²) in [5.41, 5.74) is 5.99. The summed E-state index contributed by atoms with van der Waals surface area (Å²) >= 11 is 6.87. The Morgan fingerprint density at radius 2 is 2.26 bits per heavy atom. The predicted octanol–water partition coefficient (Wildman–Crippen LogP) is 2.83. The van der Waals surface area contributed by atoms with E-state index in [0.717, 1.165) is 28.0 Å². The fourth-order valence-electron chi connectivity index (χ4n) is 2.83. The average molecular weight is 395 g/mol. The fraction of sp³-hybridized carbons (Fsp3) is 0.692. The third-order valence-electron chi connectivity index (χ3n) is 3.61. The molecule has 0 aromatic carbocycles. The van der Waals surface area contributed by atoms with E-state index in [2.05, 4.69) is 55.8 Å². The van der Waals surface area contributed by atoms with Crippen LogP contribution in [0.1, 0.15) is 24.6 Å². The van der Waals surface area contributed by atoms with Gasteiger partial charge in [-0.1, -0.05) is 0 Å². The minimum Gasteiger partial charge on any atom is -0.451 e. The van der Waals surface area contributed by atoms with Crippen LogP contribution in [0.3, 0.4) is 0 Å². The summed E-state index contributed by atoms with van der Waals surface area (Å²) in [4.78, 5) is 4.72. The number of nitrogens with zero attached hydrogens (tertiary/aromatic N) is 2. The van der Waals surface area contributed by atoms with Crippen LogP contribution in [0.2, 0.25) is 0 Å². The third kappa shape index (κ3) is 3.61. The van der Waals surface area contributed by atoms with Gasteiger partial charge in [0.1, 0.15) is 5.76 Å². The number of furan rings is 1. The number of likely N-dealkylation sites (N-methyl/N-ethyl adjacent to an activating group) is 1. The number of hydrogen-bond acceptors (Lipinski definition) is 4. The van der Waals surface area contributed by atoms with Gasteiger partial charge < -0.3 is 15.1 Å². The van der Waals surface area contributed by atoms with Crippen molar-refractivity contribution in [3.63, 3.8) is 0 Å². The second-order valence-corrected chi connectivity index (χ2v) is 6.89. The lowest BCUT2D eigenvalue weighted by atomic mass is 10.1. The first kappa shape index (κ1) is 15.5. The Kier molecular flexibility index (Phi) is 5.48. The molecule has 1 aromatic heterocycles. The molecule has 2 atom stereocenters. The molecule has 4 nitrogen and oxygen atoms in total. The number of rotatable bonds is 5. The van der Waals surface area contributed by atoms with Crippen LogP contribution in [0.4, 0.5) is 0 Å². The van der Waals surface area contributed by atoms with E-state index in [1.807, 2.05) is 6.07 Å². The molecule has 0 saturated carbocycles. The number of likely N-dealkylation sites (tertiary alicyclic amines) is 1. The van der Waals surface area contributed by atoms with Crippen LogP contribution < -0.4 is 5.73 Å². The minimum absolute atomic E-state index is 0.162. The van der Waals surface area contributed by atoms with E-state index in [4.69, 9.17) is 10.2 Å². The van der Waals surface area contributed by atoms with Crippen molar-refractivity contribution in [2.24, 2.45) is 5.73 Å². The highest BCUT2D eigenvalue weighted by molar-refractivity contribution is 9.13. The van der Waals surface area contributed by atoms with Gasteiger partial charge in [-0.25, -0.2) is 0 Å². The van der Waals surface area contributed by atoms with Gasteiger partial charge in [0, 0.05) is 19.1 Å². The zero-order valence-corrected chi connectivity index (χ0v) is 14.6. The quantitative estimate of drug-likeness (QED) is 0.833. The topological polar surface area (TPSA) is 45.6 Å². The fourth-order valence-corrected chi connectivity index (χ4v) is 3.44. The standard InChI is InChI=1S/C13H21Br2N3O/c1-17(2)8-9-4-3-5-18(9)11(7-16)12-6-10(14)13(15)19-12/h6,9,11H,3-5,7-8,16H2,1-2H3. The Bertz CT molecular complexity index is 403. The largest absolute Gasteiger partial charge is 0.451 e. The van der Waals surface area contributed by atoms with Crippen LogP contribution in [0.5, 0.6) is 0 Å². The van der Waals surface area contributed by atoms with E-state index in [1.165, 1.54) is 12.8 Å². The number of nitrogens with two attached hydrogens (primary N) is 1. The molecule has 0 spiro atoms. The van der Waals surface area contributed by atoms with Crippen LogP contribution in [-0.2, 0) is 0 Å². The highest BCUT2D eigenvalue weighted by Crippen LogP contribution is 2.35. The first-order valence-electron chi connectivity index (χ1n) is 6.58. The first-order chi connectivity index (χ1) is 9.02. The van der Waals surface area contributed by atoms with Crippen LogP contribution in [-0.4, -0.2) is 49.6 Å². The summed E-state index contributed by atoms with van der Waals surface area (Å²) in [7, 11) is 4.24. The van der Waals surface area contributed by atoms with Crippen LogP contribution in [0.15, 0.2) is 19.6 Å². The molecule has 1 aromatic rings. The molecule has 0 aliphatic carbocycles. The normalized spacial score (nSPS) is 22.3. The molecule has 1 fully saturated rings. The van der Waals surface area contributed by atoms with E-state index < -0.39 is 0 Å². The smallest absolute Gasteiger partial charge is 0.183 e. The van der Waals surface area contributed by atoms with Gasteiger partial charge in [0.25, 0.3) is 0 Å². The Morgan fingerprint density at radius 1 is 1.53 bits per heavy atom. The van der Waals surface area contributed by atoms with E-state index in [9.17, 15) is 0 Å². The molecule has 1 saturated heterocycles. The Balaban J connectivity index is 2.16. The Labute approximate surface area is 131 Å². The van der Waals surface area contributed by atoms with Crippen molar-refractivity contribution in [3.05, 3.63) is 21.0 Å². The molecular weight excluding hydrogens is 374 g/mol. The third-order valence-corrected chi connectivity index (χ3v) is 5.32. The lowest BCUT2D eigenvalue weighted by Crippen LogP contribution is -2.42. The van der Waals surface area contributed by atoms with Crippen LogP contribution >= 0.6 is 31.9 Å². The van der Waals surface area contributed by atoms with Gasteiger partial charge in [-0.15, -0.1) is 0 Å². The molecule has 1 aliphatic rings. The van der Waals surface area contributed by atoms with E-state index >= 15 is 0 Å². The van der Waals surface area contributed by atoms with Crippen molar-refractivity contribution >= 4 is 31.9 Å². The number of hydrogen-bond donors (Lipinski definition) is 1. The van der Waals surface area contributed by atoms with Gasteiger partial charge in [0.2, 0.25) is 0 Å². The summed E-state index contributed by atoms with van der Waals surface area (Å²) in [5.74, 6) is 0.937. The summed E-state index contributed by atoms with van der Waals surface area (Å²) in [6.07, 6.45) is 2.47. The van der Waals surface area contributed by atoms with Crippen LogP contribution in [0, 0.1) is 0 Å². The van der Waals surface area contributed by atoms with Crippen LogP contribution in [0.25, 0.3) is 0 Å². The van der Waals surface area contributed by atoms with Crippen molar-refractivity contribution in [1.29, 1.82) is 0 Å². The zero-order valence-electron chi connectivity index (χ0n) is 11.4. The maximum atomic E-state index is 5.99. The average Bonchev–Trinajstić information content (AvgIpc) is 2.89. The molecule has 19 heavy (non-hydrogen) atoms. The molecule has 0 bridgehead atoms. The molecule has 6 heteroatoms. The lowest BCUT2D eigenvalue weighted by molar-refractivity contribution is 0.139. The van der Waals surface area contributed by atoms with Gasteiger partial charge in [-0.3, -0.25) is 4.90 Å². The van der Waals surface area contributed by atoms with Crippen molar-refractivity contribution in [3.8, 4) is 0 Å². The molecule has 2 unspecified atom stereocenters. The molecule has 1 aliphatic heterocycles. The van der Waals surface area contributed by atoms with Gasteiger partial charge in [0.05, 0.1) is 10.5 Å². The summed E-state index contributed by atoms with van der Waals surface area (Å²) in [5, 5.41) is 0. The van der Waals surface area contributed by atoms with Gasteiger partial charge >= 0.3 is 0 Å². The second kappa shape index (κ2) is 6.72. The minimum atomic E-state index is 0.162. The summed E-state index contributed by atoms with van der Waals surface area (Å²) < 4.78 is 7.46. The van der Waals surface area contributed by atoms with E-state index in [1.54, 1.807) is 0 Å². The Morgan fingerprint density at radius 3 is 2.79 bits per heavy atom. The van der Waals surface area contributed by atoms with Crippen molar-refractivity contribution in [1.82, 2.24) is 9.80 Å². The zero-order chi connectivity index (χ0) is 14.0. The molecular formula is C13H21Br2N3O. The van der Waals surface area contributed by atoms with Gasteiger partial charge in [-0.05, 0) is 71.4 Å². The van der Waals surface area contributed by atoms with E-state index in [0.29, 0.717) is 12.6 Å². The van der Waals surface area contributed by atoms with E-state index in [-0.39, 0.29) is 6.04 Å². The van der Waals surface area contributed by atoms with Crippen molar-refractivity contribution in [2.75, 3.05) is 33.7 Å².